The summed E-state index contributed by atoms with van der Waals surface area (Å²) in [6, 6.07) is 0. The van der Waals surface area contributed by atoms with Gasteiger partial charge in [0.15, 0.2) is 0 Å². The molecule has 0 heterocycles. The van der Waals surface area contributed by atoms with Gasteiger partial charge in [0.1, 0.15) is 0 Å². The van der Waals surface area contributed by atoms with Crippen molar-refractivity contribution in [3.8, 4) is 0 Å². The van der Waals surface area contributed by atoms with Crippen molar-refractivity contribution in [2.75, 3.05) is 0 Å². The van der Waals surface area contributed by atoms with E-state index < -0.39 is 23.9 Å². The van der Waals surface area contributed by atoms with Crippen LogP contribution in [-0.4, -0.2) is 44.3 Å². The first-order chi connectivity index (χ1) is 10.3. The molecule has 0 saturated heterocycles. The number of carboxylic acids is 4. The van der Waals surface area contributed by atoms with Crippen molar-refractivity contribution in [3.63, 3.8) is 0 Å². The zero-order valence-corrected chi connectivity index (χ0v) is 12.5. The number of hydrogen-bond donors (Lipinski definition) is 4. The highest BCUT2D eigenvalue weighted by molar-refractivity contribution is 5.67. The van der Waals surface area contributed by atoms with E-state index >= 15 is 0 Å². The molecule has 8 nitrogen and oxygen atoms in total. The minimum atomic E-state index is -0.819. The van der Waals surface area contributed by atoms with Crippen LogP contribution in [0.25, 0.3) is 0 Å². The Balaban J connectivity index is 0. The van der Waals surface area contributed by atoms with E-state index in [1.165, 1.54) is 0 Å². The highest BCUT2D eigenvalue weighted by Gasteiger charge is 1.99. The molecule has 0 radical (unpaired) electrons. The van der Waals surface area contributed by atoms with Gasteiger partial charge in [0.25, 0.3) is 0 Å². The van der Waals surface area contributed by atoms with Gasteiger partial charge in [-0.3, -0.25) is 19.2 Å². The van der Waals surface area contributed by atoms with Crippen LogP contribution >= 0.6 is 0 Å². The van der Waals surface area contributed by atoms with E-state index in [0.29, 0.717) is 38.5 Å². The Labute approximate surface area is 128 Å². The highest BCUT2D eigenvalue weighted by Crippen LogP contribution is 2.03. The second-order valence-corrected chi connectivity index (χ2v) is 4.70. The summed E-state index contributed by atoms with van der Waals surface area (Å²) in [5, 5.41) is 32.8. The van der Waals surface area contributed by atoms with Crippen LogP contribution in [-0.2, 0) is 19.2 Å². The predicted molar refractivity (Wildman–Crippen MR) is 76.7 cm³/mol. The zero-order valence-electron chi connectivity index (χ0n) is 12.5. The summed E-state index contributed by atoms with van der Waals surface area (Å²) in [4.78, 5) is 39.9. The fourth-order valence-electron chi connectivity index (χ4n) is 1.46. The minimum absolute atomic E-state index is 0.139. The molecule has 0 aliphatic heterocycles. The van der Waals surface area contributed by atoms with Crippen molar-refractivity contribution in [1.29, 1.82) is 0 Å². The third kappa shape index (κ3) is 26.4. The van der Waals surface area contributed by atoms with Crippen LogP contribution in [0.4, 0.5) is 0 Å². The molecule has 22 heavy (non-hydrogen) atoms. The second kappa shape index (κ2) is 15.3. The van der Waals surface area contributed by atoms with Crippen LogP contribution in [0.2, 0.25) is 0 Å². The molecule has 0 unspecified atom stereocenters. The molecule has 0 amide bonds. The molecule has 0 aromatic carbocycles. The summed E-state index contributed by atoms with van der Waals surface area (Å²) in [5.41, 5.74) is 0. The van der Waals surface area contributed by atoms with Crippen molar-refractivity contribution < 1.29 is 39.6 Å². The third-order valence-corrected chi connectivity index (χ3v) is 2.56. The maximum Gasteiger partial charge on any atom is 0.303 e. The second-order valence-electron chi connectivity index (χ2n) is 4.70. The van der Waals surface area contributed by atoms with Crippen LogP contribution in [0.3, 0.4) is 0 Å². The molecule has 0 aromatic heterocycles. The van der Waals surface area contributed by atoms with E-state index in [1.54, 1.807) is 0 Å². The first-order valence-corrected chi connectivity index (χ1v) is 7.13. The Kier molecular flexibility index (Phi) is 15.4. The molecule has 0 fully saturated rings. The van der Waals surface area contributed by atoms with Gasteiger partial charge in [0, 0.05) is 25.7 Å². The lowest BCUT2D eigenvalue weighted by molar-refractivity contribution is -0.138. The Morgan fingerprint density at radius 3 is 0.727 bits per heavy atom. The molecule has 0 aliphatic rings. The maximum atomic E-state index is 9.98. The lowest BCUT2D eigenvalue weighted by Gasteiger charge is -1.94. The van der Waals surface area contributed by atoms with Crippen LogP contribution in [0.1, 0.15) is 64.2 Å². The van der Waals surface area contributed by atoms with E-state index in [2.05, 4.69) is 0 Å². The molecule has 0 rings (SSSR count). The van der Waals surface area contributed by atoms with Gasteiger partial charge in [-0.1, -0.05) is 12.8 Å². The molecule has 8 heteroatoms. The molecule has 0 atom stereocenters. The summed E-state index contributed by atoms with van der Waals surface area (Å²) in [7, 11) is 0. The number of carboxylic acid groups (broad SMARTS) is 4. The summed E-state index contributed by atoms with van der Waals surface area (Å²) < 4.78 is 0. The topological polar surface area (TPSA) is 149 Å². The van der Waals surface area contributed by atoms with Crippen LogP contribution in [0.15, 0.2) is 0 Å². The number of unbranched alkanes of at least 4 members (excludes halogenated alkanes) is 4. The quantitative estimate of drug-likeness (QED) is 0.400. The van der Waals surface area contributed by atoms with E-state index in [9.17, 15) is 19.2 Å². The number of hydrogen-bond acceptors (Lipinski definition) is 4. The van der Waals surface area contributed by atoms with Crippen molar-refractivity contribution in [3.05, 3.63) is 0 Å². The van der Waals surface area contributed by atoms with E-state index in [4.69, 9.17) is 20.4 Å². The molecule has 0 spiro atoms. The molecule has 4 N–H and O–H groups in total. The van der Waals surface area contributed by atoms with Crippen LogP contribution in [0, 0.1) is 0 Å². The van der Waals surface area contributed by atoms with Gasteiger partial charge in [-0.2, -0.15) is 0 Å². The molecule has 0 aromatic rings. The monoisotopic (exact) mass is 320 g/mol. The van der Waals surface area contributed by atoms with Gasteiger partial charge >= 0.3 is 23.9 Å². The normalized spacial score (nSPS) is 9.45. The van der Waals surface area contributed by atoms with Crippen molar-refractivity contribution >= 4 is 23.9 Å². The van der Waals surface area contributed by atoms with Gasteiger partial charge in [-0.15, -0.1) is 0 Å². The standard InChI is InChI=1S/2C7H12O4/c2*8-6(9)4-2-1-3-5-7(10)11/h2*1-5H2,(H,8,9)(H,10,11). The van der Waals surface area contributed by atoms with E-state index in [-0.39, 0.29) is 25.7 Å². The van der Waals surface area contributed by atoms with Gasteiger partial charge < -0.3 is 20.4 Å². The number of rotatable bonds is 12. The fourth-order valence-corrected chi connectivity index (χ4v) is 1.46. The zero-order chi connectivity index (χ0) is 17.4. The Hall–Kier alpha value is -2.12. The molecule has 0 aliphatic carbocycles. The summed E-state index contributed by atoms with van der Waals surface area (Å²) in [5.74, 6) is -3.28. The van der Waals surface area contributed by atoms with Crippen molar-refractivity contribution in [1.82, 2.24) is 0 Å². The Morgan fingerprint density at radius 1 is 0.409 bits per heavy atom. The van der Waals surface area contributed by atoms with Crippen LogP contribution < -0.4 is 0 Å². The third-order valence-electron chi connectivity index (χ3n) is 2.56. The van der Waals surface area contributed by atoms with Crippen molar-refractivity contribution in [2.24, 2.45) is 0 Å². The number of aliphatic carboxylic acids is 4. The van der Waals surface area contributed by atoms with Gasteiger partial charge in [-0.05, 0) is 25.7 Å². The van der Waals surface area contributed by atoms with Gasteiger partial charge in [0.05, 0.1) is 0 Å². The smallest absolute Gasteiger partial charge is 0.303 e. The molecule has 128 valence electrons. The van der Waals surface area contributed by atoms with Gasteiger partial charge in [-0.25, -0.2) is 0 Å². The SMILES string of the molecule is O=C(O)CCCCCC(=O)O.O=C(O)CCCCCC(=O)O. The maximum absolute atomic E-state index is 9.98. The van der Waals surface area contributed by atoms with E-state index in [1.807, 2.05) is 0 Å². The van der Waals surface area contributed by atoms with E-state index in [0.717, 1.165) is 0 Å². The predicted octanol–water partition coefficient (Wildman–Crippen LogP) is 2.21. The largest absolute Gasteiger partial charge is 0.481 e. The molecular formula is C14H24O8. The average Bonchev–Trinajstić information content (AvgIpc) is 2.37. The minimum Gasteiger partial charge on any atom is -0.481 e. The van der Waals surface area contributed by atoms with Crippen LogP contribution in [0.5, 0.6) is 0 Å². The molecule has 0 saturated carbocycles. The van der Waals surface area contributed by atoms with Crippen molar-refractivity contribution in [2.45, 2.75) is 64.2 Å². The summed E-state index contributed by atoms with van der Waals surface area (Å²) in [6.07, 6.45) is 4.20. The summed E-state index contributed by atoms with van der Waals surface area (Å²) in [6.45, 7) is 0. The highest BCUT2D eigenvalue weighted by atomic mass is 16.4. The first kappa shape index (κ1) is 22.2. The number of carbonyl (C=O) groups is 4. The summed E-state index contributed by atoms with van der Waals surface area (Å²) >= 11 is 0. The Bertz CT molecular complexity index is 285. The lowest BCUT2D eigenvalue weighted by atomic mass is 10.1. The fraction of sp³-hybridized carbons (Fsp3) is 0.714. The first-order valence-electron chi connectivity index (χ1n) is 7.13. The molecule has 0 bridgehead atoms. The van der Waals surface area contributed by atoms with Gasteiger partial charge in [0.2, 0.25) is 0 Å². The average molecular weight is 320 g/mol. The Morgan fingerprint density at radius 2 is 0.591 bits per heavy atom. The molecular weight excluding hydrogens is 296 g/mol. The lowest BCUT2D eigenvalue weighted by Crippen LogP contribution is -1.96.